The first-order valence-electron chi connectivity index (χ1n) is 6.11. The maximum Gasteiger partial charge on any atom is 0.407 e. The molecule has 0 unspecified atom stereocenters. The molecule has 0 aliphatic carbocycles. The van der Waals surface area contributed by atoms with E-state index in [9.17, 15) is 9.90 Å². The number of carbonyl (C=O) groups excluding carboxylic acids is 1. The molecule has 0 aromatic heterocycles. The van der Waals surface area contributed by atoms with E-state index in [0.717, 1.165) is 19.5 Å². The van der Waals surface area contributed by atoms with Crippen LogP contribution >= 0.6 is 0 Å². The first-order valence-corrected chi connectivity index (χ1v) is 6.11. The summed E-state index contributed by atoms with van der Waals surface area (Å²) in [4.78, 5) is 13.8. The Hall–Kier alpha value is -0.810. The number of amides is 1. The maximum atomic E-state index is 11.6. The van der Waals surface area contributed by atoms with Crippen LogP contribution in [0.15, 0.2) is 0 Å². The molecule has 1 aliphatic rings. The van der Waals surface area contributed by atoms with Crippen LogP contribution < -0.4 is 5.32 Å². The summed E-state index contributed by atoms with van der Waals surface area (Å²) in [6.07, 6.45) is 0.451. The van der Waals surface area contributed by atoms with E-state index in [-0.39, 0.29) is 18.6 Å². The van der Waals surface area contributed by atoms with Gasteiger partial charge in [0.2, 0.25) is 0 Å². The quantitative estimate of drug-likeness (QED) is 0.755. The Morgan fingerprint density at radius 1 is 1.53 bits per heavy atom. The van der Waals surface area contributed by atoms with Crippen molar-refractivity contribution in [2.24, 2.45) is 5.92 Å². The Kier molecular flexibility index (Phi) is 4.77. The third kappa shape index (κ3) is 4.91. The number of carbonyl (C=O) groups is 1. The third-order valence-electron chi connectivity index (χ3n) is 2.87. The number of alkyl carbamates (subject to hydrolysis) is 1. The zero-order valence-electron chi connectivity index (χ0n) is 11.2. The minimum atomic E-state index is -0.482. The van der Waals surface area contributed by atoms with E-state index in [1.165, 1.54) is 0 Å². The molecule has 100 valence electrons. The van der Waals surface area contributed by atoms with Crippen molar-refractivity contribution >= 4 is 6.09 Å². The van der Waals surface area contributed by atoms with Crippen LogP contribution in [0, 0.1) is 5.92 Å². The molecule has 17 heavy (non-hydrogen) atoms. The second-order valence-electron chi connectivity index (χ2n) is 5.75. The van der Waals surface area contributed by atoms with Crippen molar-refractivity contribution in [1.29, 1.82) is 0 Å². The van der Waals surface area contributed by atoms with E-state index in [2.05, 4.69) is 10.2 Å². The van der Waals surface area contributed by atoms with Crippen LogP contribution in [0.5, 0.6) is 0 Å². The average Bonchev–Trinajstić information content (AvgIpc) is 2.17. The third-order valence-corrected chi connectivity index (χ3v) is 2.87. The van der Waals surface area contributed by atoms with Crippen LogP contribution in [0.2, 0.25) is 0 Å². The zero-order valence-corrected chi connectivity index (χ0v) is 11.2. The number of rotatable bonds is 2. The monoisotopic (exact) mass is 244 g/mol. The topological polar surface area (TPSA) is 61.8 Å². The van der Waals surface area contributed by atoms with Crippen molar-refractivity contribution in [1.82, 2.24) is 10.2 Å². The molecule has 5 nitrogen and oxygen atoms in total. The molecule has 1 heterocycles. The van der Waals surface area contributed by atoms with Crippen LogP contribution in [0.25, 0.3) is 0 Å². The summed E-state index contributed by atoms with van der Waals surface area (Å²) in [5.41, 5.74) is -0.482. The van der Waals surface area contributed by atoms with Gasteiger partial charge in [-0.05, 0) is 40.8 Å². The summed E-state index contributed by atoms with van der Waals surface area (Å²) in [5, 5.41) is 12.2. The molecule has 2 N–H and O–H groups in total. The largest absolute Gasteiger partial charge is 0.444 e. The van der Waals surface area contributed by atoms with Gasteiger partial charge in [0, 0.05) is 25.1 Å². The number of aliphatic hydroxyl groups excluding tert-OH is 1. The number of hydrogen-bond acceptors (Lipinski definition) is 4. The fourth-order valence-electron chi connectivity index (χ4n) is 2.05. The fraction of sp³-hybridized carbons (Fsp3) is 0.917. The van der Waals surface area contributed by atoms with Crippen LogP contribution in [0.1, 0.15) is 27.2 Å². The Labute approximate surface area is 103 Å². The molecule has 5 heteroatoms. The van der Waals surface area contributed by atoms with E-state index in [1.54, 1.807) is 0 Å². The molecule has 1 saturated heterocycles. The van der Waals surface area contributed by atoms with Gasteiger partial charge in [-0.3, -0.25) is 0 Å². The van der Waals surface area contributed by atoms with Crippen molar-refractivity contribution < 1.29 is 14.6 Å². The van der Waals surface area contributed by atoms with E-state index < -0.39 is 11.7 Å². The summed E-state index contributed by atoms with van der Waals surface area (Å²) in [7, 11) is 2.02. The molecule has 0 aromatic carbocycles. The van der Waals surface area contributed by atoms with Crippen LogP contribution in [-0.2, 0) is 4.74 Å². The summed E-state index contributed by atoms with van der Waals surface area (Å²) >= 11 is 0. The van der Waals surface area contributed by atoms with Crippen LogP contribution in [0.4, 0.5) is 4.79 Å². The standard InChI is InChI=1S/C12H24N2O3/c1-12(2,3)17-11(16)13-10-5-6-14(4)7-9(10)8-15/h9-10,15H,5-8H2,1-4H3,(H,13,16)/t9-,10-/m1/s1. The molecule has 1 amide bonds. The Morgan fingerprint density at radius 3 is 2.71 bits per heavy atom. The summed E-state index contributed by atoms with van der Waals surface area (Å²) < 4.78 is 5.21. The number of nitrogens with one attached hydrogen (secondary N) is 1. The van der Waals surface area contributed by atoms with Gasteiger partial charge in [-0.2, -0.15) is 0 Å². The normalized spacial score (nSPS) is 26.6. The summed E-state index contributed by atoms with van der Waals surface area (Å²) in [5.74, 6) is 0.0845. The van der Waals surface area contributed by atoms with Crippen LogP contribution in [0.3, 0.4) is 0 Å². The molecule has 2 atom stereocenters. The van der Waals surface area contributed by atoms with Gasteiger partial charge in [0.1, 0.15) is 5.60 Å². The van der Waals surface area contributed by atoms with Gasteiger partial charge in [-0.25, -0.2) is 4.79 Å². The minimum Gasteiger partial charge on any atom is -0.444 e. The SMILES string of the molecule is CN1CC[C@@H](NC(=O)OC(C)(C)C)[C@@H](CO)C1. The summed E-state index contributed by atoms with van der Waals surface area (Å²) in [6.45, 7) is 7.33. The van der Waals surface area contributed by atoms with E-state index in [4.69, 9.17) is 4.74 Å². The smallest absolute Gasteiger partial charge is 0.407 e. The second kappa shape index (κ2) is 5.69. The lowest BCUT2D eigenvalue weighted by atomic mass is 9.93. The van der Waals surface area contributed by atoms with Crippen molar-refractivity contribution in [2.45, 2.75) is 38.8 Å². The zero-order chi connectivity index (χ0) is 13.1. The first-order chi connectivity index (χ1) is 7.81. The molecule has 0 saturated carbocycles. The van der Waals surface area contributed by atoms with Gasteiger partial charge < -0.3 is 20.1 Å². The Morgan fingerprint density at radius 2 is 2.18 bits per heavy atom. The van der Waals surface area contributed by atoms with Gasteiger partial charge in [0.15, 0.2) is 0 Å². The number of aliphatic hydroxyl groups is 1. The lowest BCUT2D eigenvalue weighted by Gasteiger charge is -2.36. The van der Waals surface area contributed by atoms with Crippen molar-refractivity contribution in [3.63, 3.8) is 0 Å². The molecular weight excluding hydrogens is 220 g/mol. The van der Waals surface area contributed by atoms with Crippen molar-refractivity contribution in [3.05, 3.63) is 0 Å². The number of nitrogens with zero attached hydrogens (tertiary/aromatic N) is 1. The van der Waals surface area contributed by atoms with Crippen LogP contribution in [-0.4, -0.2) is 54.5 Å². The number of ether oxygens (including phenoxy) is 1. The minimum absolute atomic E-state index is 0.00560. The summed E-state index contributed by atoms with van der Waals surface area (Å²) in [6, 6.07) is 0.00560. The molecule has 0 aromatic rings. The molecule has 1 aliphatic heterocycles. The van der Waals surface area contributed by atoms with Gasteiger partial charge in [0.05, 0.1) is 0 Å². The predicted octanol–water partition coefficient (Wildman–Crippen LogP) is 0.824. The molecule has 1 fully saturated rings. The van der Waals surface area contributed by atoms with E-state index in [0.29, 0.717) is 0 Å². The van der Waals surface area contributed by atoms with Gasteiger partial charge in [0.25, 0.3) is 0 Å². The van der Waals surface area contributed by atoms with E-state index in [1.807, 2.05) is 27.8 Å². The van der Waals surface area contributed by atoms with Gasteiger partial charge in [-0.15, -0.1) is 0 Å². The lowest BCUT2D eigenvalue weighted by Crippen LogP contribution is -2.52. The number of hydrogen-bond donors (Lipinski definition) is 2. The molecule has 1 rings (SSSR count). The molecule has 0 bridgehead atoms. The molecule has 0 spiro atoms. The highest BCUT2D eigenvalue weighted by Crippen LogP contribution is 2.16. The first kappa shape index (κ1) is 14.3. The number of likely N-dealkylation sites (tertiary alicyclic amines) is 1. The van der Waals surface area contributed by atoms with Crippen molar-refractivity contribution in [2.75, 3.05) is 26.7 Å². The fourth-order valence-corrected chi connectivity index (χ4v) is 2.05. The lowest BCUT2D eigenvalue weighted by molar-refractivity contribution is 0.0405. The van der Waals surface area contributed by atoms with E-state index >= 15 is 0 Å². The highest BCUT2D eigenvalue weighted by atomic mass is 16.6. The second-order valence-corrected chi connectivity index (χ2v) is 5.75. The Balaban J connectivity index is 2.47. The Bertz CT molecular complexity index is 263. The number of piperidine rings is 1. The average molecular weight is 244 g/mol. The van der Waals surface area contributed by atoms with Crippen molar-refractivity contribution in [3.8, 4) is 0 Å². The van der Waals surface area contributed by atoms with Gasteiger partial charge >= 0.3 is 6.09 Å². The predicted molar refractivity (Wildman–Crippen MR) is 65.8 cm³/mol. The highest BCUT2D eigenvalue weighted by Gasteiger charge is 2.29. The highest BCUT2D eigenvalue weighted by molar-refractivity contribution is 5.68. The molecular formula is C12H24N2O3. The maximum absolute atomic E-state index is 11.6. The molecule has 0 radical (unpaired) electrons. The van der Waals surface area contributed by atoms with Gasteiger partial charge in [-0.1, -0.05) is 0 Å².